The molecule has 1 heterocycles. The molecule has 1 N–H and O–H groups in total. The lowest BCUT2D eigenvalue weighted by atomic mass is 10.2. The second-order valence-corrected chi connectivity index (χ2v) is 3.67. The first-order valence-electron chi connectivity index (χ1n) is 4.77. The molecule has 3 nitrogen and oxygen atoms in total. The number of carbonyl (C=O) groups excluding carboxylic acids is 1. The molecule has 12 heavy (non-hydrogen) atoms. The largest absolute Gasteiger partial charge is 0.359 e. The number of nitrogens with one attached hydrogen (secondary N) is 1. The van der Waals surface area contributed by atoms with Crippen LogP contribution in [0, 0.1) is 0 Å². The molecule has 0 bridgehead atoms. The summed E-state index contributed by atoms with van der Waals surface area (Å²) >= 11 is 0. The average Bonchev–Trinajstić information content (AvgIpc) is 2.82. The fourth-order valence-corrected chi connectivity index (χ4v) is 1.39. The molecule has 1 amide bonds. The Balaban J connectivity index is 0.000000845. The highest BCUT2D eigenvalue weighted by Crippen LogP contribution is 2.28. The number of rotatable bonds is 4. The van der Waals surface area contributed by atoms with E-state index in [1.54, 1.807) is 0 Å². The second-order valence-electron chi connectivity index (χ2n) is 3.67. The van der Waals surface area contributed by atoms with Crippen LogP contribution in [0.5, 0.6) is 0 Å². The Labute approximate surface area is 74.0 Å². The molecule has 2 aliphatic rings. The van der Waals surface area contributed by atoms with Crippen molar-refractivity contribution in [3.63, 3.8) is 0 Å². The van der Waals surface area contributed by atoms with Gasteiger partial charge in [-0.1, -0.05) is 13.3 Å². The van der Waals surface area contributed by atoms with Crippen LogP contribution in [-0.4, -0.2) is 24.2 Å². The zero-order chi connectivity index (χ0) is 8.55. The molecule has 1 saturated heterocycles. The van der Waals surface area contributed by atoms with Crippen LogP contribution in [0.2, 0.25) is 0 Å². The normalized spacial score (nSPS) is 33.1. The van der Waals surface area contributed by atoms with Crippen molar-refractivity contribution in [1.82, 2.24) is 5.32 Å². The number of ether oxygens (including phenoxy) is 1. The maximum Gasteiger partial charge on any atom is 0.252 e. The van der Waals surface area contributed by atoms with Crippen molar-refractivity contribution in [2.24, 2.45) is 0 Å². The molecule has 1 saturated carbocycles. The third kappa shape index (κ3) is 1.78. The predicted octanol–water partition coefficient (Wildman–Crippen LogP) is 1.08. The van der Waals surface area contributed by atoms with Crippen molar-refractivity contribution in [1.29, 1.82) is 0 Å². The van der Waals surface area contributed by atoms with Crippen LogP contribution in [0.3, 0.4) is 0 Å². The molecule has 2 unspecified atom stereocenters. The van der Waals surface area contributed by atoms with Crippen LogP contribution in [-0.2, 0) is 9.53 Å². The Morgan fingerprint density at radius 3 is 3.00 bits per heavy atom. The monoisotopic (exact) mass is 171 g/mol. The van der Waals surface area contributed by atoms with Gasteiger partial charge in [0, 0.05) is 7.47 Å². The fourth-order valence-electron chi connectivity index (χ4n) is 1.39. The van der Waals surface area contributed by atoms with Crippen molar-refractivity contribution in [2.75, 3.05) is 0 Å². The highest BCUT2D eigenvalue weighted by atomic mass is 16.6. The molecule has 2 rings (SSSR count). The van der Waals surface area contributed by atoms with Gasteiger partial charge in [0.1, 0.15) is 0 Å². The highest BCUT2D eigenvalue weighted by Gasteiger charge is 2.45. The van der Waals surface area contributed by atoms with Gasteiger partial charge in [-0.15, -0.1) is 0 Å². The number of amides is 1. The lowest BCUT2D eigenvalue weighted by Crippen LogP contribution is -2.30. The molecular weight excluding hydrogens is 154 g/mol. The van der Waals surface area contributed by atoms with E-state index >= 15 is 0 Å². The van der Waals surface area contributed by atoms with Crippen molar-refractivity contribution >= 4 is 5.91 Å². The van der Waals surface area contributed by atoms with E-state index in [9.17, 15) is 4.79 Å². The first-order valence-corrected chi connectivity index (χ1v) is 4.77. The predicted molar refractivity (Wildman–Crippen MR) is 46.8 cm³/mol. The van der Waals surface area contributed by atoms with Gasteiger partial charge in [0.15, 0.2) is 6.10 Å². The standard InChI is InChI=1S/C9H15NO2.H2/c1-2-3-7-8(12-7)9(11)10-6-4-5-6;/h6-8H,2-5H2,1H3,(H,10,11);1H. The number of epoxide rings is 1. The molecule has 2 fully saturated rings. The smallest absolute Gasteiger partial charge is 0.252 e. The molecule has 1 aliphatic carbocycles. The van der Waals surface area contributed by atoms with E-state index in [0.29, 0.717) is 6.04 Å². The number of hydrogen-bond acceptors (Lipinski definition) is 2. The first-order chi connectivity index (χ1) is 5.81. The maximum atomic E-state index is 11.3. The van der Waals surface area contributed by atoms with Crippen LogP contribution in [0.4, 0.5) is 0 Å². The summed E-state index contributed by atoms with van der Waals surface area (Å²) in [5, 5.41) is 2.94. The fraction of sp³-hybridized carbons (Fsp3) is 0.889. The van der Waals surface area contributed by atoms with Crippen LogP contribution in [0.25, 0.3) is 0 Å². The van der Waals surface area contributed by atoms with Gasteiger partial charge in [0.05, 0.1) is 6.10 Å². The maximum absolute atomic E-state index is 11.3. The SMILES string of the molecule is CCCC1OC1C(=O)NC1CC1.[HH]. The minimum absolute atomic E-state index is 0. The van der Waals surface area contributed by atoms with Gasteiger partial charge in [-0.05, 0) is 19.3 Å². The Bertz CT molecular complexity index is 194. The zero-order valence-electron chi connectivity index (χ0n) is 7.38. The van der Waals surface area contributed by atoms with Gasteiger partial charge in [0.2, 0.25) is 0 Å². The van der Waals surface area contributed by atoms with Gasteiger partial charge in [0.25, 0.3) is 5.91 Å². The summed E-state index contributed by atoms with van der Waals surface area (Å²) in [6.45, 7) is 2.11. The Morgan fingerprint density at radius 2 is 2.42 bits per heavy atom. The average molecular weight is 171 g/mol. The summed E-state index contributed by atoms with van der Waals surface area (Å²) in [4.78, 5) is 11.3. The van der Waals surface area contributed by atoms with E-state index in [1.807, 2.05) is 0 Å². The van der Waals surface area contributed by atoms with E-state index in [4.69, 9.17) is 4.74 Å². The van der Waals surface area contributed by atoms with Crippen LogP contribution >= 0.6 is 0 Å². The summed E-state index contributed by atoms with van der Waals surface area (Å²) in [5.74, 6) is 0.107. The first kappa shape index (κ1) is 8.05. The Hall–Kier alpha value is -0.570. The minimum Gasteiger partial charge on any atom is -0.359 e. The van der Waals surface area contributed by atoms with E-state index in [1.165, 1.54) is 0 Å². The third-order valence-corrected chi connectivity index (χ3v) is 2.34. The van der Waals surface area contributed by atoms with Crippen LogP contribution in [0.1, 0.15) is 34.0 Å². The molecule has 0 aromatic rings. The molecule has 0 aromatic heterocycles. The van der Waals surface area contributed by atoms with Crippen LogP contribution in [0.15, 0.2) is 0 Å². The van der Waals surface area contributed by atoms with Gasteiger partial charge < -0.3 is 10.1 Å². The zero-order valence-corrected chi connectivity index (χ0v) is 7.38. The summed E-state index contributed by atoms with van der Waals surface area (Å²) in [6, 6.07) is 0.462. The molecular formula is C9H17NO2. The molecule has 2 atom stereocenters. The highest BCUT2D eigenvalue weighted by molar-refractivity contribution is 5.84. The van der Waals surface area contributed by atoms with E-state index < -0.39 is 0 Å². The van der Waals surface area contributed by atoms with Crippen molar-refractivity contribution in [2.45, 2.75) is 50.9 Å². The van der Waals surface area contributed by atoms with Crippen molar-refractivity contribution < 1.29 is 11.0 Å². The van der Waals surface area contributed by atoms with E-state index in [2.05, 4.69) is 12.2 Å². The number of hydrogen-bond donors (Lipinski definition) is 1. The topological polar surface area (TPSA) is 41.6 Å². The summed E-state index contributed by atoms with van der Waals surface area (Å²) in [6.07, 6.45) is 4.51. The lowest BCUT2D eigenvalue weighted by Gasteiger charge is -1.97. The lowest BCUT2D eigenvalue weighted by molar-refractivity contribution is -0.122. The van der Waals surface area contributed by atoms with Crippen molar-refractivity contribution in [3.8, 4) is 0 Å². The van der Waals surface area contributed by atoms with E-state index in [0.717, 1.165) is 25.7 Å². The summed E-state index contributed by atoms with van der Waals surface area (Å²) in [5.41, 5.74) is 0. The van der Waals surface area contributed by atoms with Gasteiger partial charge >= 0.3 is 0 Å². The molecule has 70 valence electrons. The summed E-state index contributed by atoms with van der Waals surface area (Å²) < 4.78 is 5.24. The quantitative estimate of drug-likeness (QED) is 0.643. The Morgan fingerprint density at radius 1 is 1.67 bits per heavy atom. The van der Waals surface area contributed by atoms with Gasteiger partial charge in [-0.3, -0.25) is 4.79 Å². The van der Waals surface area contributed by atoms with Gasteiger partial charge in [-0.2, -0.15) is 0 Å². The minimum atomic E-state index is -0.120. The Kier molecular flexibility index (Phi) is 2.05. The molecule has 0 spiro atoms. The second kappa shape index (κ2) is 3.05. The summed E-state index contributed by atoms with van der Waals surface area (Å²) in [7, 11) is 0. The van der Waals surface area contributed by atoms with Gasteiger partial charge in [-0.25, -0.2) is 0 Å². The third-order valence-electron chi connectivity index (χ3n) is 2.34. The van der Waals surface area contributed by atoms with Crippen molar-refractivity contribution in [3.05, 3.63) is 0 Å². The molecule has 3 heteroatoms. The molecule has 0 radical (unpaired) electrons. The molecule has 0 aromatic carbocycles. The van der Waals surface area contributed by atoms with E-state index in [-0.39, 0.29) is 19.5 Å². The number of carbonyl (C=O) groups is 1. The molecule has 1 aliphatic heterocycles. The van der Waals surface area contributed by atoms with Crippen LogP contribution < -0.4 is 5.32 Å².